The molecule has 0 radical (unpaired) electrons. The zero-order chi connectivity index (χ0) is 26.1. The summed E-state index contributed by atoms with van der Waals surface area (Å²) < 4.78 is 10.6. The van der Waals surface area contributed by atoms with Gasteiger partial charge in [0.15, 0.2) is 0 Å². The number of ether oxygens (including phenoxy) is 1. The maximum Gasteiger partial charge on any atom is 0.324 e. The predicted molar refractivity (Wildman–Crippen MR) is 146 cm³/mol. The zero-order valence-electron chi connectivity index (χ0n) is 20.8. The smallest absolute Gasteiger partial charge is 0.324 e. The first kappa shape index (κ1) is 23.9. The number of aliphatic imine (C=N–C) groups is 1. The number of rotatable bonds is 6. The van der Waals surface area contributed by atoms with Gasteiger partial charge in [0.25, 0.3) is 6.20 Å². The fraction of sp³-hybridized carbons (Fsp3) is 0.214. The van der Waals surface area contributed by atoms with Crippen LogP contribution in [0.3, 0.4) is 0 Å². The van der Waals surface area contributed by atoms with Crippen molar-refractivity contribution in [2.45, 2.75) is 19.3 Å². The van der Waals surface area contributed by atoms with E-state index in [-0.39, 0.29) is 5.88 Å². The molecule has 2 N–H and O–H groups in total. The largest absolute Gasteiger partial charge is 0.857 e. The monoisotopic (exact) mass is 526 g/mol. The highest BCUT2D eigenvalue weighted by atomic mass is 32.1. The molecule has 10 heteroatoms. The number of pyridine rings is 1. The molecule has 0 bridgehead atoms. The van der Waals surface area contributed by atoms with Crippen LogP contribution in [0.15, 0.2) is 76.4 Å². The van der Waals surface area contributed by atoms with Gasteiger partial charge in [-0.05, 0) is 60.7 Å². The molecule has 0 spiro atoms. The molecular weight excluding hydrogens is 500 g/mol. The van der Waals surface area contributed by atoms with Crippen molar-refractivity contribution in [3.63, 3.8) is 0 Å². The van der Waals surface area contributed by atoms with Gasteiger partial charge < -0.3 is 15.6 Å². The highest BCUT2D eigenvalue weighted by Gasteiger charge is 2.23. The van der Waals surface area contributed by atoms with Crippen LogP contribution >= 0.6 is 11.3 Å². The maximum atomic E-state index is 13.3. The molecule has 0 atom stereocenters. The third kappa shape index (κ3) is 4.54. The van der Waals surface area contributed by atoms with Gasteiger partial charge in [0.2, 0.25) is 5.27 Å². The predicted octanol–water partition coefficient (Wildman–Crippen LogP) is 4.06. The van der Waals surface area contributed by atoms with Gasteiger partial charge in [-0.1, -0.05) is 30.3 Å². The third-order valence-electron chi connectivity index (χ3n) is 6.64. The van der Waals surface area contributed by atoms with Crippen LogP contribution in [0, 0.1) is 0 Å². The van der Waals surface area contributed by atoms with E-state index in [1.807, 2.05) is 60.7 Å². The lowest BCUT2D eigenvalue weighted by atomic mass is 9.99. The van der Waals surface area contributed by atoms with Crippen LogP contribution in [0.25, 0.3) is 32.6 Å². The Morgan fingerprint density at radius 2 is 1.84 bits per heavy atom. The lowest BCUT2D eigenvalue weighted by molar-refractivity contribution is -0.759. The molecule has 0 aliphatic carbocycles. The van der Waals surface area contributed by atoms with Crippen molar-refractivity contribution in [3.8, 4) is 28.1 Å². The number of nitrogens with zero attached hydrogens (tertiary/aromatic N) is 5. The number of fused-ring (bicyclic) bond motifs is 1. The Kier molecular flexibility index (Phi) is 6.38. The van der Waals surface area contributed by atoms with E-state index in [4.69, 9.17) is 20.0 Å². The Bertz CT molecular complexity index is 1610. The van der Waals surface area contributed by atoms with Gasteiger partial charge >= 0.3 is 5.88 Å². The summed E-state index contributed by atoms with van der Waals surface area (Å²) in [5.41, 5.74) is 10.5. The lowest BCUT2D eigenvalue weighted by Crippen LogP contribution is -2.60. The molecule has 192 valence electrons. The molecule has 38 heavy (non-hydrogen) atoms. The summed E-state index contributed by atoms with van der Waals surface area (Å²) in [6.07, 6.45) is 5.02. The molecular formula is C28H26N6O3S. The summed E-state index contributed by atoms with van der Waals surface area (Å²) in [6, 6.07) is 19.7. The van der Waals surface area contributed by atoms with Crippen LogP contribution in [-0.4, -0.2) is 36.4 Å². The van der Waals surface area contributed by atoms with Gasteiger partial charge in [-0.3, -0.25) is 4.52 Å². The van der Waals surface area contributed by atoms with Gasteiger partial charge in [0.05, 0.1) is 41.2 Å². The topological polar surface area (TPSA) is 117 Å². The van der Waals surface area contributed by atoms with E-state index in [9.17, 15) is 5.11 Å². The minimum Gasteiger partial charge on any atom is -0.857 e. The van der Waals surface area contributed by atoms with E-state index in [0.29, 0.717) is 15.4 Å². The number of hydrogen-bond donors (Lipinski definition) is 1. The minimum atomic E-state index is -0.488. The summed E-state index contributed by atoms with van der Waals surface area (Å²) in [6.45, 7) is 1.77. The van der Waals surface area contributed by atoms with Crippen molar-refractivity contribution in [2.75, 3.05) is 30.9 Å². The highest BCUT2D eigenvalue weighted by Crippen LogP contribution is 2.41. The van der Waals surface area contributed by atoms with Crippen molar-refractivity contribution in [1.29, 1.82) is 0 Å². The lowest BCUT2D eigenvalue weighted by Gasteiger charge is -2.17. The van der Waals surface area contributed by atoms with Crippen LogP contribution < -0.4 is 25.4 Å². The van der Waals surface area contributed by atoms with E-state index in [0.717, 1.165) is 59.5 Å². The molecule has 0 amide bonds. The summed E-state index contributed by atoms with van der Waals surface area (Å²) in [5.74, 6) is 0.409. The number of piperidine rings is 1. The van der Waals surface area contributed by atoms with E-state index in [2.05, 4.69) is 15.3 Å². The summed E-state index contributed by atoms with van der Waals surface area (Å²) in [7, 11) is 1.64. The second-order valence-electron chi connectivity index (χ2n) is 9.07. The molecule has 1 aliphatic rings. The van der Waals surface area contributed by atoms with Crippen LogP contribution in [0.4, 0.5) is 11.6 Å². The number of hydrogen-bond acceptors (Lipinski definition) is 9. The summed E-state index contributed by atoms with van der Waals surface area (Å²) in [5, 5.41) is 20.1. The summed E-state index contributed by atoms with van der Waals surface area (Å²) in [4.78, 5) is 11.7. The van der Waals surface area contributed by atoms with Crippen molar-refractivity contribution in [1.82, 2.24) is 10.3 Å². The Morgan fingerprint density at radius 3 is 2.58 bits per heavy atom. The third-order valence-corrected chi connectivity index (χ3v) is 7.73. The van der Waals surface area contributed by atoms with Gasteiger partial charge in [0, 0.05) is 16.8 Å². The summed E-state index contributed by atoms with van der Waals surface area (Å²) >= 11 is 1.23. The van der Waals surface area contributed by atoms with Gasteiger partial charge in [0.1, 0.15) is 10.6 Å². The maximum absolute atomic E-state index is 13.3. The second kappa shape index (κ2) is 10.1. The molecule has 6 rings (SSSR count). The minimum absolute atomic E-state index is 0.132. The molecule has 5 aromatic rings. The quantitative estimate of drug-likeness (QED) is 0.201. The van der Waals surface area contributed by atoms with E-state index >= 15 is 0 Å². The van der Waals surface area contributed by atoms with Crippen LogP contribution in [0.5, 0.6) is 5.75 Å². The van der Waals surface area contributed by atoms with Crippen molar-refractivity contribution >= 4 is 39.0 Å². The Labute approximate surface area is 223 Å². The first-order valence-electron chi connectivity index (χ1n) is 12.4. The number of benzene rings is 2. The second-order valence-corrected chi connectivity index (χ2v) is 10.1. The molecule has 0 unspecified atom stereocenters. The molecule has 1 aliphatic heterocycles. The molecule has 2 aromatic carbocycles. The van der Waals surface area contributed by atoms with E-state index in [1.54, 1.807) is 18.1 Å². The Morgan fingerprint density at radius 1 is 1.08 bits per heavy atom. The number of nitrogen functional groups attached to an aromatic ring is 1. The fourth-order valence-electron chi connectivity index (χ4n) is 4.68. The zero-order valence-corrected chi connectivity index (χ0v) is 21.6. The number of thiophene rings is 1. The van der Waals surface area contributed by atoms with Gasteiger partial charge in [-0.2, -0.15) is 5.01 Å². The fourth-order valence-corrected chi connectivity index (χ4v) is 5.68. The average Bonchev–Trinajstić information content (AvgIpc) is 3.58. The number of anilines is 1. The molecule has 3 aromatic heterocycles. The van der Waals surface area contributed by atoms with Crippen molar-refractivity contribution in [2.24, 2.45) is 4.99 Å². The SMILES string of the molecule is COc1ccc(-c2cc(-c3ccccc3)c3c(N)c(/C([O-])=N/c4c[n+](N5CCCCC5)no4)sc3n2)cc1. The number of aromatic nitrogens is 3. The average molecular weight is 527 g/mol. The standard InChI is InChI=1S/C28H26N6O3S/c1-36-20-12-10-19(11-13-20)22-16-21(18-8-4-2-5-9-18)24-25(29)26(38-28(24)30-22)27(35)31-23-17-34(32-37-23)33-14-6-3-7-15-33/h2,4-5,8-13,16-17H,3,6-7,14-15H2,1H3,(H2-,29,31,32,35). The first-order valence-corrected chi connectivity index (χ1v) is 13.2. The van der Waals surface area contributed by atoms with Gasteiger partial charge in [-0.15, -0.1) is 11.3 Å². The molecule has 4 heterocycles. The molecule has 1 fully saturated rings. The number of methoxy groups -OCH3 is 1. The molecule has 0 saturated carbocycles. The van der Waals surface area contributed by atoms with Crippen LogP contribution in [0.1, 0.15) is 24.1 Å². The normalized spacial score (nSPS) is 14.2. The molecule has 1 saturated heterocycles. The number of nitrogens with two attached hydrogens (primary N) is 1. The Hall–Kier alpha value is -4.44. The Balaban J connectivity index is 1.43. The van der Waals surface area contributed by atoms with Crippen molar-refractivity contribution in [3.05, 3.63) is 71.7 Å². The van der Waals surface area contributed by atoms with Crippen LogP contribution in [-0.2, 0) is 0 Å². The van der Waals surface area contributed by atoms with Gasteiger partial charge in [-0.25, -0.2) is 9.98 Å². The van der Waals surface area contributed by atoms with Crippen molar-refractivity contribution < 1.29 is 19.2 Å². The van der Waals surface area contributed by atoms with Crippen LogP contribution in [0.2, 0.25) is 0 Å². The van der Waals surface area contributed by atoms with E-state index in [1.165, 1.54) is 17.8 Å². The molecule has 9 nitrogen and oxygen atoms in total. The highest BCUT2D eigenvalue weighted by molar-refractivity contribution is 7.21. The first-order chi connectivity index (χ1) is 18.6. The van der Waals surface area contributed by atoms with E-state index < -0.39 is 5.90 Å².